The van der Waals surface area contributed by atoms with Crippen molar-refractivity contribution in [2.45, 2.75) is 59.2 Å². The van der Waals surface area contributed by atoms with Gasteiger partial charge in [-0.05, 0) is 45.2 Å². The topological polar surface area (TPSA) is 111 Å². The fourth-order valence-corrected chi connectivity index (χ4v) is 3.59. The molecule has 1 atom stereocenters. The number of anilines is 1. The average Bonchev–Trinajstić information content (AvgIpc) is 3.30. The lowest BCUT2D eigenvalue weighted by Gasteiger charge is -2.20. The van der Waals surface area contributed by atoms with E-state index in [-0.39, 0.29) is 17.7 Å². The maximum absolute atomic E-state index is 13.2. The highest BCUT2D eigenvalue weighted by Crippen LogP contribution is 2.33. The van der Waals surface area contributed by atoms with Crippen LogP contribution in [0.25, 0.3) is 0 Å². The lowest BCUT2D eigenvalue weighted by molar-refractivity contribution is -0.119. The number of carbonyl (C=O) groups is 1. The van der Waals surface area contributed by atoms with Gasteiger partial charge in [0.25, 0.3) is 0 Å². The van der Waals surface area contributed by atoms with E-state index in [1.807, 2.05) is 32.9 Å². The Hall–Kier alpha value is -3.46. The first-order chi connectivity index (χ1) is 16.0. The molecule has 0 bridgehead atoms. The summed E-state index contributed by atoms with van der Waals surface area (Å²) in [6.07, 6.45) is 3.81. The number of ether oxygens (including phenoxy) is 2. The van der Waals surface area contributed by atoms with Gasteiger partial charge >= 0.3 is 0 Å². The molecule has 184 valence electrons. The minimum absolute atomic E-state index is 0.0793. The molecular formula is C25H34N4O5. The number of nitrogens with one attached hydrogen (secondary N) is 1. The first kappa shape index (κ1) is 25.2. The number of nitrogens with zero attached hydrogens (tertiary/aromatic N) is 3. The van der Waals surface area contributed by atoms with E-state index in [0.717, 1.165) is 0 Å². The minimum atomic E-state index is -0.928. The van der Waals surface area contributed by atoms with Crippen molar-refractivity contribution in [3.63, 3.8) is 0 Å². The molecule has 2 aromatic heterocycles. The summed E-state index contributed by atoms with van der Waals surface area (Å²) in [6.45, 7) is 10.1. The van der Waals surface area contributed by atoms with Gasteiger partial charge in [-0.2, -0.15) is 5.10 Å². The van der Waals surface area contributed by atoms with Crippen molar-refractivity contribution in [1.82, 2.24) is 14.3 Å². The van der Waals surface area contributed by atoms with Gasteiger partial charge in [0.2, 0.25) is 5.91 Å². The fourth-order valence-electron chi connectivity index (χ4n) is 3.59. The Bertz CT molecular complexity index is 1100. The highest BCUT2D eigenvalue weighted by Gasteiger charge is 2.26. The summed E-state index contributed by atoms with van der Waals surface area (Å²) in [6, 6.07) is 9.69. The molecule has 3 N–H and O–H groups in total. The average molecular weight is 471 g/mol. The summed E-state index contributed by atoms with van der Waals surface area (Å²) in [5.74, 6) is 1.83. The number of hydrogen-bond acceptors (Lipinski definition) is 6. The molecule has 9 heteroatoms. The zero-order valence-corrected chi connectivity index (χ0v) is 20.4. The van der Waals surface area contributed by atoms with Crippen molar-refractivity contribution in [2.75, 3.05) is 11.9 Å². The van der Waals surface area contributed by atoms with E-state index in [2.05, 4.69) is 10.4 Å². The van der Waals surface area contributed by atoms with Crippen LogP contribution >= 0.6 is 0 Å². The molecule has 3 aromatic rings. The van der Waals surface area contributed by atoms with Crippen LogP contribution in [0.5, 0.6) is 23.1 Å². The van der Waals surface area contributed by atoms with E-state index in [1.165, 1.54) is 10.6 Å². The molecule has 34 heavy (non-hydrogen) atoms. The van der Waals surface area contributed by atoms with Gasteiger partial charge in [0.1, 0.15) is 23.3 Å². The van der Waals surface area contributed by atoms with Crippen molar-refractivity contribution in [1.29, 1.82) is 0 Å². The highest BCUT2D eigenvalue weighted by molar-refractivity contribution is 5.93. The minimum Gasteiger partial charge on any atom is -0.494 e. The second-order valence-electron chi connectivity index (χ2n) is 9.30. The molecule has 1 amide bonds. The molecule has 0 saturated carbocycles. The van der Waals surface area contributed by atoms with Crippen molar-refractivity contribution in [3.05, 3.63) is 48.8 Å². The summed E-state index contributed by atoms with van der Waals surface area (Å²) >= 11 is 0. The summed E-state index contributed by atoms with van der Waals surface area (Å²) in [5, 5.41) is 27.7. The zero-order chi connectivity index (χ0) is 24.9. The van der Waals surface area contributed by atoms with Crippen molar-refractivity contribution in [3.8, 4) is 23.1 Å². The predicted octanol–water partition coefficient (Wildman–Crippen LogP) is 4.58. The molecule has 0 fully saturated rings. The van der Waals surface area contributed by atoms with E-state index in [9.17, 15) is 15.0 Å². The Morgan fingerprint density at radius 2 is 1.91 bits per heavy atom. The maximum Gasteiger partial charge on any atom is 0.248 e. The van der Waals surface area contributed by atoms with Gasteiger partial charge < -0.3 is 29.6 Å². The number of amides is 1. The smallest absolute Gasteiger partial charge is 0.248 e. The van der Waals surface area contributed by atoms with E-state index in [4.69, 9.17) is 9.47 Å². The van der Waals surface area contributed by atoms with Gasteiger partial charge in [-0.1, -0.05) is 19.9 Å². The van der Waals surface area contributed by atoms with Gasteiger partial charge in [-0.3, -0.25) is 9.48 Å². The van der Waals surface area contributed by atoms with Crippen LogP contribution in [0, 0.1) is 5.92 Å². The van der Waals surface area contributed by atoms with Crippen LogP contribution in [0.2, 0.25) is 0 Å². The molecule has 0 spiro atoms. The monoisotopic (exact) mass is 470 g/mol. The first-order valence-corrected chi connectivity index (χ1v) is 11.4. The van der Waals surface area contributed by atoms with Gasteiger partial charge in [0.05, 0.1) is 24.9 Å². The number of aromatic nitrogens is 3. The second kappa shape index (κ2) is 10.6. The van der Waals surface area contributed by atoms with Gasteiger partial charge in [0.15, 0.2) is 11.7 Å². The van der Waals surface area contributed by atoms with Gasteiger partial charge in [-0.25, -0.2) is 0 Å². The Morgan fingerprint density at radius 3 is 2.59 bits per heavy atom. The number of hydrogen-bond donors (Lipinski definition) is 3. The summed E-state index contributed by atoms with van der Waals surface area (Å²) < 4.78 is 14.5. The lowest BCUT2D eigenvalue weighted by atomic mass is 10.0. The number of aliphatic hydroxyl groups is 1. The number of carbonyl (C=O) groups excluding carboxylic acids is 1. The second-order valence-corrected chi connectivity index (χ2v) is 9.30. The van der Waals surface area contributed by atoms with Crippen LogP contribution < -0.4 is 14.8 Å². The van der Waals surface area contributed by atoms with Crippen LogP contribution in [0.15, 0.2) is 48.8 Å². The molecule has 0 aliphatic carbocycles. The third-order valence-corrected chi connectivity index (χ3v) is 4.93. The van der Waals surface area contributed by atoms with E-state index in [0.29, 0.717) is 42.6 Å². The molecule has 3 rings (SSSR count). The number of aromatic hydroxyl groups is 1. The van der Waals surface area contributed by atoms with Crippen LogP contribution in [-0.4, -0.2) is 42.7 Å². The molecule has 9 nitrogen and oxygen atoms in total. The number of rotatable bonds is 11. The van der Waals surface area contributed by atoms with Crippen molar-refractivity contribution < 1.29 is 24.5 Å². The SMILES string of the molecule is CCOc1cccc(Oc2cc(O)n([C@@H](CC(C)C)C(=O)Nc3ccn(CC(C)(C)O)n3)c2)c1. The molecule has 2 heterocycles. The predicted molar refractivity (Wildman–Crippen MR) is 129 cm³/mol. The summed E-state index contributed by atoms with van der Waals surface area (Å²) in [5.41, 5.74) is -0.928. The Morgan fingerprint density at radius 1 is 1.18 bits per heavy atom. The summed E-state index contributed by atoms with van der Waals surface area (Å²) in [7, 11) is 0. The zero-order valence-electron chi connectivity index (χ0n) is 20.4. The Labute approximate surface area is 199 Å². The van der Waals surface area contributed by atoms with E-state index >= 15 is 0 Å². The standard InChI is InChI=1S/C25H34N4O5/c1-6-33-18-8-7-9-19(13-18)34-20-14-23(30)29(15-20)21(12-17(2)3)24(31)26-22-10-11-28(27-22)16-25(4,5)32/h7-11,13-15,17,21,30,32H,6,12,16H2,1-5H3,(H,26,27,31)/t21-/m0/s1. The van der Waals surface area contributed by atoms with E-state index < -0.39 is 11.6 Å². The highest BCUT2D eigenvalue weighted by atomic mass is 16.5. The lowest BCUT2D eigenvalue weighted by Crippen LogP contribution is -2.28. The van der Waals surface area contributed by atoms with E-state index in [1.54, 1.807) is 49.1 Å². The molecule has 1 aromatic carbocycles. The molecule has 0 unspecified atom stereocenters. The Kier molecular flexibility index (Phi) is 7.88. The first-order valence-electron chi connectivity index (χ1n) is 11.4. The summed E-state index contributed by atoms with van der Waals surface area (Å²) in [4.78, 5) is 13.2. The quantitative estimate of drug-likeness (QED) is 0.378. The maximum atomic E-state index is 13.2. The Balaban J connectivity index is 1.78. The molecule has 0 radical (unpaired) electrons. The molecular weight excluding hydrogens is 436 g/mol. The molecule has 0 aliphatic heterocycles. The van der Waals surface area contributed by atoms with Crippen molar-refractivity contribution >= 4 is 11.7 Å². The van der Waals surface area contributed by atoms with Gasteiger partial charge in [-0.15, -0.1) is 0 Å². The normalized spacial score (nSPS) is 12.6. The van der Waals surface area contributed by atoms with Crippen LogP contribution in [0.3, 0.4) is 0 Å². The van der Waals surface area contributed by atoms with Crippen LogP contribution in [0.1, 0.15) is 47.1 Å². The molecule has 0 saturated heterocycles. The largest absolute Gasteiger partial charge is 0.494 e. The van der Waals surface area contributed by atoms with Crippen LogP contribution in [-0.2, 0) is 11.3 Å². The fraction of sp³-hybridized carbons (Fsp3) is 0.440. The van der Waals surface area contributed by atoms with Crippen molar-refractivity contribution in [2.24, 2.45) is 5.92 Å². The third-order valence-electron chi connectivity index (χ3n) is 4.93. The third kappa shape index (κ3) is 7.02. The molecule has 0 aliphatic rings. The van der Waals surface area contributed by atoms with Crippen LogP contribution in [0.4, 0.5) is 5.82 Å². The number of benzene rings is 1. The van der Waals surface area contributed by atoms with Gasteiger partial charge in [0, 0.05) is 24.4 Å².